The number of methoxy groups -OCH3 is 1. The summed E-state index contributed by atoms with van der Waals surface area (Å²) in [6, 6.07) is 11.4. The molecule has 0 aliphatic rings. The maximum absolute atomic E-state index is 13.6. The second-order valence-electron chi connectivity index (χ2n) is 8.97. The molecule has 0 fully saturated rings. The molecule has 9 nitrogen and oxygen atoms in total. The molecule has 2 aromatic rings. The third-order valence-electron chi connectivity index (χ3n) is 5.77. The van der Waals surface area contributed by atoms with Crippen LogP contribution in [0.1, 0.15) is 58.6 Å². The number of nitrogens with one attached hydrogen (secondary N) is 2. The second-order valence-corrected chi connectivity index (χ2v) is 8.97. The van der Waals surface area contributed by atoms with Crippen molar-refractivity contribution in [1.29, 1.82) is 0 Å². The topological polar surface area (TPSA) is 110 Å². The van der Waals surface area contributed by atoms with Gasteiger partial charge in [-0.1, -0.05) is 25.1 Å². The highest BCUT2D eigenvalue weighted by atomic mass is 16.5. The number of amides is 3. The standard InChI is InChI=1S/C27H38N4O5/c1-6-27(3,4)30-26(34)25(20-11-13-21(14-12-20)36-7-2)31(18-19-35-5)24(33)16-15-23(32)29-22-10-8-9-17-28-22/h8-14,17,25H,6-7,15-16,18-19H2,1-5H3,(H,30,34)(H,28,29,32). The van der Waals surface area contributed by atoms with Crippen molar-refractivity contribution >= 4 is 23.5 Å². The number of benzene rings is 1. The van der Waals surface area contributed by atoms with Gasteiger partial charge in [-0.15, -0.1) is 0 Å². The van der Waals surface area contributed by atoms with Gasteiger partial charge < -0.3 is 25.0 Å². The van der Waals surface area contributed by atoms with E-state index in [0.29, 0.717) is 30.2 Å². The highest BCUT2D eigenvalue weighted by molar-refractivity contribution is 5.94. The van der Waals surface area contributed by atoms with Crippen molar-refractivity contribution in [2.75, 3.05) is 32.2 Å². The minimum Gasteiger partial charge on any atom is -0.494 e. The van der Waals surface area contributed by atoms with Crippen molar-refractivity contribution in [3.63, 3.8) is 0 Å². The maximum atomic E-state index is 13.6. The van der Waals surface area contributed by atoms with Gasteiger partial charge >= 0.3 is 0 Å². The zero-order chi connectivity index (χ0) is 26.6. The van der Waals surface area contributed by atoms with Crippen LogP contribution in [-0.4, -0.2) is 60.0 Å². The van der Waals surface area contributed by atoms with Gasteiger partial charge in [0.15, 0.2) is 0 Å². The third kappa shape index (κ3) is 8.96. The number of hydrogen-bond acceptors (Lipinski definition) is 6. The van der Waals surface area contributed by atoms with E-state index in [1.54, 1.807) is 48.7 Å². The molecular weight excluding hydrogens is 460 g/mol. The Kier molecular flexibility index (Phi) is 11.3. The lowest BCUT2D eigenvalue weighted by molar-refractivity contribution is -0.142. The lowest BCUT2D eigenvalue weighted by Crippen LogP contribution is -2.51. The van der Waals surface area contributed by atoms with Gasteiger partial charge in [0, 0.05) is 38.2 Å². The zero-order valence-electron chi connectivity index (χ0n) is 21.9. The Balaban J connectivity index is 2.28. The fourth-order valence-electron chi connectivity index (χ4n) is 3.47. The van der Waals surface area contributed by atoms with Gasteiger partial charge in [-0.05, 0) is 57.0 Å². The number of carbonyl (C=O) groups excluding carboxylic acids is 3. The number of rotatable bonds is 14. The van der Waals surface area contributed by atoms with Crippen molar-refractivity contribution in [3.8, 4) is 5.75 Å². The summed E-state index contributed by atoms with van der Waals surface area (Å²) in [6.07, 6.45) is 2.18. The summed E-state index contributed by atoms with van der Waals surface area (Å²) in [5, 5.41) is 5.74. The Morgan fingerprint density at radius 2 is 1.78 bits per heavy atom. The van der Waals surface area contributed by atoms with E-state index in [4.69, 9.17) is 9.47 Å². The van der Waals surface area contributed by atoms with Crippen LogP contribution in [0.25, 0.3) is 0 Å². The number of nitrogens with zero attached hydrogens (tertiary/aromatic N) is 2. The van der Waals surface area contributed by atoms with E-state index in [1.165, 1.54) is 12.0 Å². The number of ether oxygens (including phenoxy) is 2. The van der Waals surface area contributed by atoms with Crippen LogP contribution in [0.15, 0.2) is 48.7 Å². The summed E-state index contributed by atoms with van der Waals surface area (Å²) >= 11 is 0. The molecule has 1 aromatic heterocycles. The molecule has 0 saturated heterocycles. The minimum absolute atomic E-state index is 0.0447. The van der Waals surface area contributed by atoms with Crippen LogP contribution >= 0.6 is 0 Å². The van der Waals surface area contributed by atoms with Crippen LogP contribution in [0.4, 0.5) is 5.82 Å². The van der Waals surface area contributed by atoms with Crippen LogP contribution in [0.5, 0.6) is 5.75 Å². The minimum atomic E-state index is -0.895. The van der Waals surface area contributed by atoms with Gasteiger partial charge in [-0.25, -0.2) is 4.98 Å². The molecule has 196 valence electrons. The molecule has 0 saturated carbocycles. The molecule has 0 bridgehead atoms. The van der Waals surface area contributed by atoms with E-state index in [1.807, 2.05) is 27.7 Å². The number of aromatic nitrogens is 1. The van der Waals surface area contributed by atoms with Crippen LogP contribution in [0.3, 0.4) is 0 Å². The zero-order valence-corrected chi connectivity index (χ0v) is 21.9. The predicted molar refractivity (Wildman–Crippen MR) is 139 cm³/mol. The van der Waals surface area contributed by atoms with Crippen LogP contribution < -0.4 is 15.4 Å². The van der Waals surface area contributed by atoms with Gasteiger partial charge in [-0.2, -0.15) is 0 Å². The lowest BCUT2D eigenvalue weighted by atomic mass is 9.98. The normalized spacial score (nSPS) is 11.9. The fourth-order valence-corrected chi connectivity index (χ4v) is 3.47. The number of pyridine rings is 1. The van der Waals surface area contributed by atoms with Crippen molar-refractivity contribution in [2.45, 2.75) is 58.5 Å². The van der Waals surface area contributed by atoms with E-state index >= 15 is 0 Å². The van der Waals surface area contributed by atoms with Crippen molar-refractivity contribution in [3.05, 3.63) is 54.2 Å². The quantitative estimate of drug-likeness (QED) is 0.411. The van der Waals surface area contributed by atoms with Crippen LogP contribution in [0, 0.1) is 0 Å². The molecule has 0 aliphatic carbocycles. The van der Waals surface area contributed by atoms with E-state index < -0.39 is 11.6 Å². The Morgan fingerprint density at radius 1 is 1.06 bits per heavy atom. The summed E-state index contributed by atoms with van der Waals surface area (Å²) in [6.45, 7) is 8.70. The first-order chi connectivity index (χ1) is 17.2. The first kappa shape index (κ1) is 28.8. The van der Waals surface area contributed by atoms with Crippen molar-refractivity contribution < 1.29 is 23.9 Å². The number of anilines is 1. The van der Waals surface area contributed by atoms with E-state index in [-0.39, 0.29) is 43.7 Å². The summed E-state index contributed by atoms with van der Waals surface area (Å²) in [7, 11) is 1.54. The van der Waals surface area contributed by atoms with E-state index in [9.17, 15) is 14.4 Å². The van der Waals surface area contributed by atoms with Gasteiger partial charge in [0.2, 0.25) is 17.7 Å². The highest BCUT2D eigenvalue weighted by Gasteiger charge is 2.33. The van der Waals surface area contributed by atoms with E-state index in [2.05, 4.69) is 15.6 Å². The molecular formula is C27H38N4O5. The van der Waals surface area contributed by atoms with Crippen LogP contribution in [-0.2, 0) is 19.1 Å². The first-order valence-corrected chi connectivity index (χ1v) is 12.2. The SMILES string of the molecule is CCOc1ccc(C(C(=O)NC(C)(C)CC)N(CCOC)C(=O)CCC(=O)Nc2ccccn2)cc1. The van der Waals surface area contributed by atoms with Gasteiger partial charge in [0.05, 0.1) is 13.2 Å². The Labute approximate surface area is 213 Å². The molecule has 1 aromatic carbocycles. The van der Waals surface area contributed by atoms with Gasteiger partial charge in [-0.3, -0.25) is 14.4 Å². The predicted octanol–water partition coefficient (Wildman–Crippen LogP) is 3.72. The molecule has 1 heterocycles. The van der Waals surface area contributed by atoms with Gasteiger partial charge in [0.25, 0.3) is 0 Å². The summed E-state index contributed by atoms with van der Waals surface area (Å²) in [4.78, 5) is 44.9. The number of hydrogen-bond donors (Lipinski definition) is 2. The highest BCUT2D eigenvalue weighted by Crippen LogP contribution is 2.26. The average molecular weight is 499 g/mol. The second kappa shape index (κ2) is 14.2. The first-order valence-electron chi connectivity index (χ1n) is 12.2. The lowest BCUT2D eigenvalue weighted by Gasteiger charge is -2.34. The van der Waals surface area contributed by atoms with Crippen molar-refractivity contribution in [1.82, 2.24) is 15.2 Å². The summed E-state index contributed by atoms with van der Waals surface area (Å²) < 4.78 is 10.8. The molecule has 3 amide bonds. The molecule has 36 heavy (non-hydrogen) atoms. The molecule has 1 unspecified atom stereocenters. The Morgan fingerprint density at radius 3 is 2.36 bits per heavy atom. The van der Waals surface area contributed by atoms with Crippen molar-refractivity contribution in [2.24, 2.45) is 0 Å². The molecule has 2 N–H and O–H groups in total. The van der Waals surface area contributed by atoms with E-state index in [0.717, 1.165) is 0 Å². The maximum Gasteiger partial charge on any atom is 0.247 e. The average Bonchev–Trinajstić information content (AvgIpc) is 2.86. The Bertz CT molecular complexity index is 979. The largest absolute Gasteiger partial charge is 0.494 e. The molecule has 0 aliphatic heterocycles. The molecule has 0 spiro atoms. The molecule has 0 radical (unpaired) electrons. The molecule has 1 atom stereocenters. The number of carbonyl (C=O) groups is 3. The smallest absolute Gasteiger partial charge is 0.247 e. The third-order valence-corrected chi connectivity index (χ3v) is 5.77. The fraction of sp³-hybridized carbons (Fsp3) is 0.481. The monoisotopic (exact) mass is 498 g/mol. The van der Waals surface area contributed by atoms with Gasteiger partial charge in [0.1, 0.15) is 17.6 Å². The molecule has 9 heteroatoms. The van der Waals surface area contributed by atoms with Crippen LogP contribution in [0.2, 0.25) is 0 Å². The summed E-state index contributed by atoms with van der Waals surface area (Å²) in [5.41, 5.74) is 0.185. The Hall–Kier alpha value is -3.46. The summed E-state index contributed by atoms with van der Waals surface area (Å²) in [5.74, 6) is 0.137. The molecule has 2 rings (SSSR count).